The molecule has 10 heteroatoms. The lowest BCUT2D eigenvalue weighted by atomic mass is 10.0. The smallest absolute Gasteiger partial charge is 0.351 e. The van der Waals surface area contributed by atoms with Gasteiger partial charge in [-0.1, -0.05) is 17.3 Å². The highest BCUT2D eigenvalue weighted by molar-refractivity contribution is 6.07. The molecule has 0 bridgehead atoms. The van der Waals surface area contributed by atoms with Crippen LogP contribution in [0.4, 0.5) is 13.2 Å². The van der Waals surface area contributed by atoms with Crippen LogP contribution in [0.2, 0.25) is 0 Å². The molecule has 1 aromatic carbocycles. The lowest BCUT2D eigenvalue weighted by molar-refractivity contribution is -0.137. The SMILES string of the molecule is CNCCNC(=O)c1cc(-c2cccc(C(F)(F)F)c2)nc2onc(C)c12.Cl. The molecule has 0 saturated heterocycles. The van der Waals surface area contributed by atoms with Crippen molar-refractivity contribution >= 4 is 29.4 Å². The van der Waals surface area contributed by atoms with E-state index in [2.05, 4.69) is 20.8 Å². The van der Waals surface area contributed by atoms with E-state index in [0.717, 1.165) is 12.1 Å². The maximum Gasteiger partial charge on any atom is 0.416 e. The van der Waals surface area contributed by atoms with E-state index in [1.807, 2.05) is 0 Å². The van der Waals surface area contributed by atoms with Gasteiger partial charge in [0.25, 0.3) is 11.6 Å². The maximum atomic E-state index is 13.0. The fourth-order valence-electron chi connectivity index (χ4n) is 2.67. The summed E-state index contributed by atoms with van der Waals surface area (Å²) in [4.78, 5) is 16.8. The largest absolute Gasteiger partial charge is 0.416 e. The minimum atomic E-state index is -4.48. The molecular weight excluding hydrogens is 397 g/mol. The Labute approximate surface area is 164 Å². The van der Waals surface area contributed by atoms with Crippen LogP contribution in [-0.2, 0) is 6.18 Å². The van der Waals surface area contributed by atoms with Crippen LogP contribution in [0.3, 0.4) is 0 Å². The zero-order valence-electron chi connectivity index (χ0n) is 15.1. The second kappa shape index (κ2) is 8.57. The van der Waals surface area contributed by atoms with Crippen LogP contribution < -0.4 is 10.6 Å². The lowest BCUT2D eigenvalue weighted by Gasteiger charge is -2.10. The average Bonchev–Trinajstić information content (AvgIpc) is 3.01. The molecule has 0 fully saturated rings. The van der Waals surface area contributed by atoms with Crippen molar-refractivity contribution in [3.8, 4) is 11.3 Å². The number of nitrogens with zero attached hydrogens (tertiary/aromatic N) is 2. The predicted octanol–water partition coefficient (Wildman–Crippen LogP) is 3.59. The van der Waals surface area contributed by atoms with Crippen LogP contribution in [0.15, 0.2) is 34.9 Å². The number of fused-ring (bicyclic) bond motifs is 1. The number of aromatic nitrogens is 2. The van der Waals surface area contributed by atoms with Gasteiger partial charge in [-0.2, -0.15) is 13.2 Å². The van der Waals surface area contributed by atoms with Gasteiger partial charge in [-0.05, 0) is 32.2 Å². The molecule has 3 rings (SSSR count). The molecule has 0 aliphatic rings. The van der Waals surface area contributed by atoms with Crippen molar-refractivity contribution in [2.45, 2.75) is 13.1 Å². The average molecular weight is 415 g/mol. The topological polar surface area (TPSA) is 80.0 Å². The number of pyridine rings is 1. The molecule has 0 atom stereocenters. The first-order valence-corrected chi connectivity index (χ1v) is 8.18. The molecule has 2 aromatic heterocycles. The molecule has 0 unspecified atom stereocenters. The number of benzene rings is 1. The molecule has 2 heterocycles. The highest BCUT2D eigenvalue weighted by Crippen LogP contribution is 2.33. The number of alkyl halides is 3. The standard InChI is InChI=1S/C18H17F3N4O2.ClH/c1-10-15-13(16(26)23-7-6-22-2)9-14(24-17(15)27-25-10)11-4-3-5-12(8-11)18(19,20)21;/h3-5,8-9,22H,6-7H2,1-2H3,(H,23,26);1H. The van der Waals surface area contributed by atoms with Gasteiger partial charge in [0.15, 0.2) is 0 Å². The normalized spacial score (nSPS) is 11.3. The molecule has 3 aromatic rings. The fraction of sp³-hybridized carbons (Fsp3) is 0.278. The van der Waals surface area contributed by atoms with E-state index >= 15 is 0 Å². The van der Waals surface area contributed by atoms with Crippen molar-refractivity contribution in [1.82, 2.24) is 20.8 Å². The van der Waals surface area contributed by atoms with Gasteiger partial charge in [0.2, 0.25) is 0 Å². The number of nitrogens with one attached hydrogen (secondary N) is 2. The first-order valence-electron chi connectivity index (χ1n) is 8.18. The zero-order chi connectivity index (χ0) is 19.6. The number of carbonyl (C=O) groups is 1. The van der Waals surface area contributed by atoms with Gasteiger partial charge in [0.1, 0.15) is 0 Å². The summed E-state index contributed by atoms with van der Waals surface area (Å²) in [5.41, 5.74) is 0.458. The summed E-state index contributed by atoms with van der Waals surface area (Å²) in [6, 6.07) is 6.21. The van der Waals surface area contributed by atoms with Gasteiger partial charge in [0, 0.05) is 18.7 Å². The maximum absolute atomic E-state index is 13.0. The number of likely N-dealkylation sites (N-methyl/N-ethyl adjacent to an activating group) is 1. The Kier molecular flexibility index (Phi) is 6.63. The summed E-state index contributed by atoms with van der Waals surface area (Å²) in [7, 11) is 1.76. The zero-order valence-corrected chi connectivity index (χ0v) is 15.9. The molecule has 0 aliphatic heterocycles. The molecular formula is C18H18ClF3N4O2. The summed E-state index contributed by atoms with van der Waals surface area (Å²) in [5, 5.41) is 9.91. The summed E-state index contributed by atoms with van der Waals surface area (Å²) >= 11 is 0. The van der Waals surface area contributed by atoms with E-state index in [9.17, 15) is 18.0 Å². The first-order chi connectivity index (χ1) is 12.8. The van der Waals surface area contributed by atoms with E-state index in [4.69, 9.17) is 4.52 Å². The second-order valence-electron chi connectivity index (χ2n) is 5.94. The third kappa shape index (κ3) is 4.42. The highest BCUT2D eigenvalue weighted by atomic mass is 35.5. The number of amides is 1. The van der Waals surface area contributed by atoms with E-state index in [0.29, 0.717) is 24.2 Å². The molecule has 2 N–H and O–H groups in total. The van der Waals surface area contributed by atoms with Gasteiger partial charge >= 0.3 is 6.18 Å². The monoisotopic (exact) mass is 414 g/mol. The van der Waals surface area contributed by atoms with Crippen molar-refractivity contribution in [3.05, 3.63) is 47.2 Å². The van der Waals surface area contributed by atoms with Gasteiger partial charge in [-0.25, -0.2) is 4.98 Å². The number of carbonyl (C=O) groups excluding carboxylic acids is 1. The van der Waals surface area contributed by atoms with Crippen molar-refractivity contribution in [1.29, 1.82) is 0 Å². The minimum Gasteiger partial charge on any atom is -0.351 e. The van der Waals surface area contributed by atoms with Crippen molar-refractivity contribution in [2.24, 2.45) is 0 Å². The van der Waals surface area contributed by atoms with E-state index in [1.54, 1.807) is 14.0 Å². The van der Waals surface area contributed by atoms with Gasteiger partial charge in [0.05, 0.1) is 27.9 Å². The summed E-state index contributed by atoms with van der Waals surface area (Å²) in [6.45, 7) is 2.63. The highest BCUT2D eigenvalue weighted by Gasteiger charge is 2.30. The fourth-order valence-corrected chi connectivity index (χ4v) is 2.67. The van der Waals surface area contributed by atoms with Gasteiger partial charge < -0.3 is 15.2 Å². The molecule has 0 saturated carbocycles. The van der Waals surface area contributed by atoms with Crippen LogP contribution in [-0.4, -0.2) is 36.2 Å². The molecule has 0 aliphatic carbocycles. The first kappa shape index (κ1) is 21.6. The number of rotatable bonds is 5. The van der Waals surface area contributed by atoms with Crippen molar-refractivity contribution < 1.29 is 22.5 Å². The van der Waals surface area contributed by atoms with Gasteiger partial charge in [-0.3, -0.25) is 4.79 Å². The summed E-state index contributed by atoms with van der Waals surface area (Å²) in [6.07, 6.45) is -4.48. The quantitative estimate of drug-likeness (QED) is 0.624. The number of halogens is 4. The van der Waals surface area contributed by atoms with Crippen LogP contribution >= 0.6 is 12.4 Å². The van der Waals surface area contributed by atoms with Crippen LogP contribution in [0.25, 0.3) is 22.4 Å². The number of aryl methyl sites for hydroxylation is 1. The summed E-state index contributed by atoms with van der Waals surface area (Å²) in [5.74, 6) is -0.378. The van der Waals surface area contributed by atoms with E-state index in [1.165, 1.54) is 18.2 Å². The molecule has 0 spiro atoms. The Morgan fingerprint density at radius 2 is 1.96 bits per heavy atom. The summed E-state index contributed by atoms with van der Waals surface area (Å²) < 4.78 is 44.2. The van der Waals surface area contributed by atoms with E-state index in [-0.39, 0.29) is 40.8 Å². The molecule has 28 heavy (non-hydrogen) atoms. The molecule has 1 amide bonds. The Balaban J connectivity index is 0.00000280. The van der Waals surface area contributed by atoms with Crippen LogP contribution in [0.5, 0.6) is 0 Å². The molecule has 150 valence electrons. The number of hydrogen-bond donors (Lipinski definition) is 2. The van der Waals surface area contributed by atoms with Crippen molar-refractivity contribution in [3.63, 3.8) is 0 Å². The van der Waals surface area contributed by atoms with E-state index < -0.39 is 11.7 Å². The number of hydrogen-bond acceptors (Lipinski definition) is 5. The second-order valence-corrected chi connectivity index (χ2v) is 5.94. The predicted molar refractivity (Wildman–Crippen MR) is 100 cm³/mol. The molecule has 6 nitrogen and oxygen atoms in total. The Hall–Kier alpha value is -2.65. The van der Waals surface area contributed by atoms with Crippen molar-refractivity contribution in [2.75, 3.05) is 20.1 Å². The lowest BCUT2D eigenvalue weighted by Crippen LogP contribution is -2.30. The Morgan fingerprint density at radius 1 is 1.21 bits per heavy atom. The van der Waals surface area contributed by atoms with Crippen LogP contribution in [0, 0.1) is 6.92 Å². The third-order valence-electron chi connectivity index (χ3n) is 4.01. The van der Waals surface area contributed by atoms with Gasteiger partial charge in [-0.15, -0.1) is 12.4 Å². The Bertz CT molecular complexity index is 989. The Morgan fingerprint density at radius 3 is 2.64 bits per heavy atom. The van der Waals surface area contributed by atoms with Crippen LogP contribution in [0.1, 0.15) is 21.6 Å². The minimum absolute atomic E-state index is 0. The third-order valence-corrected chi connectivity index (χ3v) is 4.01. The molecule has 0 radical (unpaired) electrons.